The third-order valence-corrected chi connectivity index (χ3v) is 3.08. The molecule has 1 aromatic rings. The number of aliphatic hydroxyl groups excluding tert-OH is 1. The Morgan fingerprint density at radius 3 is 2.82 bits per heavy atom. The molecule has 4 nitrogen and oxygen atoms in total. The van der Waals surface area contributed by atoms with Gasteiger partial charge < -0.3 is 15.7 Å². The van der Waals surface area contributed by atoms with E-state index in [1.807, 2.05) is 19.1 Å². The van der Waals surface area contributed by atoms with Gasteiger partial charge in [-0.3, -0.25) is 0 Å². The maximum Gasteiger partial charge on any atom is 0.129 e. The predicted molar refractivity (Wildman–Crippen MR) is 72.3 cm³/mol. The van der Waals surface area contributed by atoms with E-state index in [1.54, 1.807) is 0 Å². The van der Waals surface area contributed by atoms with Gasteiger partial charge in [-0.25, -0.2) is 4.98 Å². The molecule has 0 atom stereocenters. The summed E-state index contributed by atoms with van der Waals surface area (Å²) in [5.74, 6) is 0.865. The minimum Gasteiger partial charge on any atom is -0.395 e. The van der Waals surface area contributed by atoms with E-state index in [0.717, 1.165) is 29.9 Å². The minimum atomic E-state index is 0.133. The van der Waals surface area contributed by atoms with Crippen LogP contribution >= 0.6 is 12.2 Å². The average Bonchev–Trinajstić information content (AvgIpc) is 3.08. The fourth-order valence-corrected chi connectivity index (χ4v) is 2.04. The second kappa shape index (κ2) is 4.98. The first kappa shape index (κ1) is 12.3. The van der Waals surface area contributed by atoms with E-state index in [1.165, 1.54) is 0 Å². The summed E-state index contributed by atoms with van der Waals surface area (Å²) in [5, 5.41) is 9.10. The maximum absolute atomic E-state index is 9.10. The molecule has 17 heavy (non-hydrogen) atoms. The van der Waals surface area contributed by atoms with Crippen molar-refractivity contribution in [2.24, 2.45) is 5.73 Å². The van der Waals surface area contributed by atoms with E-state index in [4.69, 9.17) is 23.1 Å². The molecule has 1 aliphatic rings. The summed E-state index contributed by atoms with van der Waals surface area (Å²) in [5.41, 5.74) is 7.39. The smallest absolute Gasteiger partial charge is 0.129 e. The van der Waals surface area contributed by atoms with Gasteiger partial charge in [-0.15, -0.1) is 0 Å². The molecule has 5 heteroatoms. The highest BCUT2D eigenvalue weighted by Crippen LogP contribution is 2.30. The van der Waals surface area contributed by atoms with E-state index >= 15 is 0 Å². The molecule has 0 aliphatic heterocycles. The lowest BCUT2D eigenvalue weighted by molar-refractivity contribution is 0.301. The standard InChI is InChI=1S/C12H17N3OS/c1-8-6-9(12(13)17)7-11(14-8)15(4-5-16)10-2-3-10/h6-7,10,16H,2-5H2,1H3,(H2,13,17). The molecule has 2 rings (SSSR count). The van der Waals surface area contributed by atoms with E-state index in [9.17, 15) is 0 Å². The molecule has 0 aromatic carbocycles. The summed E-state index contributed by atoms with van der Waals surface area (Å²) < 4.78 is 0. The first-order valence-corrected chi connectivity index (χ1v) is 6.18. The first-order chi connectivity index (χ1) is 8.11. The third kappa shape index (κ3) is 2.92. The van der Waals surface area contributed by atoms with Crippen LogP contribution in [0, 0.1) is 6.92 Å². The monoisotopic (exact) mass is 251 g/mol. The van der Waals surface area contributed by atoms with E-state index in [0.29, 0.717) is 17.6 Å². The molecule has 0 saturated heterocycles. The topological polar surface area (TPSA) is 62.4 Å². The highest BCUT2D eigenvalue weighted by atomic mass is 32.1. The number of aromatic nitrogens is 1. The first-order valence-electron chi connectivity index (χ1n) is 5.78. The number of aliphatic hydroxyl groups is 1. The number of nitrogens with two attached hydrogens (primary N) is 1. The van der Waals surface area contributed by atoms with Crippen molar-refractivity contribution in [1.82, 2.24) is 4.98 Å². The molecule has 3 N–H and O–H groups in total. The van der Waals surface area contributed by atoms with Crippen molar-refractivity contribution in [3.63, 3.8) is 0 Å². The number of pyridine rings is 1. The van der Waals surface area contributed by atoms with Crippen molar-refractivity contribution >= 4 is 23.0 Å². The van der Waals surface area contributed by atoms with Crippen LogP contribution in [0.15, 0.2) is 12.1 Å². The zero-order chi connectivity index (χ0) is 12.4. The minimum absolute atomic E-state index is 0.133. The molecule has 0 unspecified atom stereocenters. The molecule has 92 valence electrons. The van der Waals surface area contributed by atoms with Gasteiger partial charge in [-0.05, 0) is 31.9 Å². The van der Waals surface area contributed by atoms with Gasteiger partial charge in [0.15, 0.2) is 0 Å². The fraction of sp³-hybridized carbons (Fsp3) is 0.500. The summed E-state index contributed by atoms with van der Waals surface area (Å²) in [6, 6.07) is 4.30. The van der Waals surface area contributed by atoms with Crippen molar-refractivity contribution in [3.8, 4) is 0 Å². The molecular weight excluding hydrogens is 234 g/mol. The molecule has 0 radical (unpaired) electrons. The van der Waals surface area contributed by atoms with E-state index in [-0.39, 0.29) is 6.61 Å². The van der Waals surface area contributed by atoms with Crippen LogP contribution in [-0.4, -0.2) is 34.3 Å². The number of nitrogens with zero attached hydrogens (tertiary/aromatic N) is 2. The van der Waals surface area contributed by atoms with Gasteiger partial charge in [-0.2, -0.15) is 0 Å². The van der Waals surface area contributed by atoms with E-state index < -0.39 is 0 Å². The molecule has 1 saturated carbocycles. The van der Waals surface area contributed by atoms with Gasteiger partial charge in [0, 0.05) is 23.8 Å². The average molecular weight is 251 g/mol. The summed E-state index contributed by atoms with van der Waals surface area (Å²) in [6.07, 6.45) is 2.33. The fourth-order valence-electron chi connectivity index (χ4n) is 1.92. The molecule has 1 aliphatic carbocycles. The predicted octanol–water partition coefficient (Wildman–Crippen LogP) is 0.985. The van der Waals surface area contributed by atoms with Crippen LogP contribution in [0.25, 0.3) is 0 Å². The Morgan fingerprint density at radius 2 is 2.29 bits per heavy atom. The molecule has 1 aromatic heterocycles. The zero-order valence-corrected chi connectivity index (χ0v) is 10.7. The van der Waals surface area contributed by atoms with Gasteiger partial charge in [0.2, 0.25) is 0 Å². The molecule has 0 amide bonds. The number of anilines is 1. The van der Waals surface area contributed by atoms with Crippen LogP contribution in [0.5, 0.6) is 0 Å². The Labute approximate surface area is 106 Å². The Morgan fingerprint density at radius 1 is 1.59 bits per heavy atom. The van der Waals surface area contributed by atoms with Crippen LogP contribution in [0.1, 0.15) is 24.1 Å². The van der Waals surface area contributed by atoms with Crippen LogP contribution in [0.4, 0.5) is 5.82 Å². The van der Waals surface area contributed by atoms with Crippen LogP contribution < -0.4 is 10.6 Å². The van der Waals surface area contributed by atoms with Crippen molar-refractivity contribution in [2.45, 2.75) is 25.8 Å². The Balaban J connectivity index is 2.31. The molecule has 1 fully saturated rings. The second-order valence-corrected chi connectivity index (χ2v) is 4.81. The van der Waals surface area contributed by atoms with Crippen molar-refractivity contribution in [2.75, 3.05) is 18.1 Å². The number of aryl methyl sites for hydroxylation is 1. The van der Waals surface area contributed by atoms with Crippen molar-refractivity contribution in [3.05, 3.63) is 23.4 Å². The van der Waals surface area contributed by atoms with Crippen molar-refractivity contribution < 1.29 is 5.11 Å². The summed E-state index contributed by atoms with van der Waals surface area (Å²) in [6.45, 7) is 2.67. The highest BCUT2D eigenvalue weighted by Gasteiger charge is 2.29. The van der Waals surface area contributed by atoms with Gasteiger partial charge in [-0.1, -0.05) is 12.2 Å². The van der Waals surface area contributed by atoms with Crippen molar-refractivity contribution in [1.29, 1.82) is 0 Å². The van der Waals surface area contributed by atoms with Gasteiger partial charge >= 0.3 is 0 Å². The Bertz CT molecular complexity index is 432. The van der Waals surface area contributed by atoms with Gasteiger partial charge in [0.1, 0.15) is 10.8 Å². The lowest BCUT2D eigenvalue weighted by Crippen LogP contribution is -2.30. The number of rotatable bonds is 5. The largest absolute Gasteiger partial charge is 0.395 e. The van der Waals surface area contributed by atoms with Gasteiger partial charge in [0.25, 0.3) is 0 Å². The highest BCUT2D eigenvalue weighted by molar-refractivity contribution is 7.80. The quantitative estimate of drug-likeness (QED) is 0.764. The number of thiocarbonyl (C=S) groups is 1. The SMILES string of the molecule is Cc1cc(C(N)=S)cc(N(CCO)C2CC2)n1. The van der Waals surface area contributed by atoms with Gasteiger partial charge in [0.05, 0.1) is 6.61 Å². The molecular formula is C12H17N3OS. The molecule has 1 heterocycles. The summed E-state index contributed by atoms with van der Waals surface area (Å²) in [7, 11) is 0. The maximum atomic E-state index is 9.10. The second-order valence-electron chi connectivity index (χ2n) is 4.37. The normalized spacial score (nSPS) is 14.7. The van der Waals surface area contributed by atoms with E-state index in [2.05, 4.69) is 9.88 Å². The molecule has 0 spiro atoms. The molecule has 0 bridgehead atoms. The lowest BCUT2D eigenvalue weighted by Gasteiger charge is -2.23. The lowest BCUT2D eigenvalue weighted by atomic mass is 10.2. The number of hydrogen-bond donors (Lipinski definition) is 2. The van der Waals surface area contributed by atoms with Crippen LogP contribution in [0.3, 0.4) is 0 Å². The van der Waals surface area contributed by atoms with Crippen LogP contribution in [0.2, 0.25) is 0 Å². The Hall–Kier alpha value is -1.20. The van der Waals surface area contributed by atoms with Crippen LogP contribution in [-0.2, 0) is 0 Å². The Kier molecular flexibility index (Phi) is 3.59. The summed E-state index contributed by atoms with van der Waals surface area (Å²) >= 11 is 5.00. The zero-order valence-electron chi connectivity index (χ0n) is 9.89. The number of hydrogen-bond acceptors (Lipinski definition) is 4. The third-order valence-electron chi connectivity index (χ3n) is 2.85. The summed E-state index contributed by atoms with van der Waals surface area (Å²) in [4.78, 5) is 7.02.